The molecule has 1 aromatic heterocycles. The number of nitrogens with zero attached hydrogens (tertiary/aromatic N) is 3. The van der Waals surface area contributed by atoms with Crippen molar-refractivity contribution in [2.24, 2.45) is 5.10 Å². The van der Waals surface area contributed by atoms with E-state index in [1.807, 2.05) is 66.7 Å². The molecule has 6 heteroatoms. The fraction of sp³-hybridized carbons (Fsp3) is 0. The fourth-order valence-electron chi connectivity index (χ4n) is 2.89. The molecule has 28 heavy (non-hydrogen) atoms. The fourth-order valence-corrected chi connectivity index (χ4v) is 2.89. The number of fused-ring (bicyclic) bond motifs is 1. The lowest BCUT2D eigenvalue weighted by atomic mass is 10.1. The Hall–Kier alpha value is -4.24. The smallest absolute Gasteiger partial charge is 0.270 e. The minimum Gasteiger partial charge on any atom is -0.290 e. The van der Waals surface area contributed by atoms with Gasteiger partial charge in [0, 0.05) is 5.56 Å². The number of rotatable bonds is 4. The van der Waals surface area contributed by atoms with E-state index < -0.39 is 5.56 Å². The van der Waals surface area contributed by atoms with Gasteiger partial charge in [-0.2, -0.15) is 10.4 Å². The highest BCUT2D eigenvalue weighted by Gasteiger charge is 2.12. The maximum absolute atomic E-state index is 12.2. The van der Waals surface area contributed by atoms with E-state index in [2.05, 4.69) is 20.5 Å². The summed E-state index contributed by atoms with van der Waals surface area (Å²) in [6.07, 6.45) is 1.65. The Morgan fingerprint density at radius 3 is 2.54 bits per heavy atom. The second-order valence-electron chi connectivity index (χ2n) is 6.09. The lowest BCUT2D eigenvalue weighted by Gasteiger charge is -2.06. The van der Waals surface area contributed by atoms with Crippen LogP contribution in [0.1, 0.15) is 11.1 Å². The minimum absolute atomic E-state index is 0.0322. The Morgan fingerprint density at radius 1 is 1.00 bits per heavy atom. The molecule has 6 nitrogen and oxygen atoms in total. The molecule has 0 atom stereocenters. The van der Waals surface area contributed by atoms with Crippen molar-refractivity contribution >= 4 is 22.9 Å². The van der Waals surface area contributed by atoms with Crippen LogP contribution in [0.15, 0.2) is 82.7 Å². The molecular formula is C22H15N5O. The van der Waals surface area contributed by atoms with Gasteiger partial charge in [-0.25, -0.2) is 10.4 Å². The average Bonchev–Trinajstić information content (AvgIpc) is 2.74. The number of benzene rings is 3. The van der Waals surface area contributed by atoms with Crippen LogP contribution in [0.25, 0.3) is 22.0 Å². The third-order valence-electron chi connectivity index (χ3n) is 4.24. The average molecular weight is 365 g/mol. The quantitative estimate of drug-likeness (QED) is 0.423. The molecule has 134 valence electrons. The standard InChI is InChI=1S/C22H15N5O/c23-13-19-20(17-7-2-1-3-8-17)25-22(26-21(19)28)27-24-14-15-10-11-16-6-4-5-9-18(16)12-15/h1-12,14H,(H2,25,26,27,28). The molecule has 0 spiro atoms. The van der Waals surface area contributed by atoms with Crippen LogP contribution in [-0.2, 0) is 0 Å². The van der Waals surface area contributed by atoms with Gasteiger partial charge in [-0.3, -0.25) is 9.78 Å². The third kappa shape index (κ3) is 3.50. The zero-order valence-electron chi connectivity index (χ0n) is 14.8. The van der Waals surface area contributed by atoms with Crippen molar-refractivity contribution < 1.29 is 0 Å². The van der Waals surface area contributed by atoms with Gasteiger partial charge >= 0.3 is 0 Å². The van der Waals surface area contributed by atoms with Gasteiger partial charge in [0.2, 0.25) is 5.95 Å². The molecule has 4 rings (SSSR count). The van der Waals surface area contributed by atoms with Crippen LogP contribution in [0, 0.1) is 11.3 Å². The molecular weight excluding hydrogens is 350 g/mol. The number of hydrazone groups is 1. The van der Waals surface area contributed by atoms with Crippen LogP contribution in [0.3, 0.4) is 0 Å². The van der Waals surface area contributed by atoms with Gasteiger partial charge < -0.3 is 0 Å². The second kappa shape index (κ2) is 7.56. The van der Waals surface area contributed by atoms with Gasteiger partial charge in [0.25, 0.3) is 5.56 Å². The van der Waals surface area contributed by atoms with E-state index in [1.165, 1.54) is 0 Å². The van der Waals surface area contributed by atoms with E-state index in [9.17, 15) is 10.1 Å². The predicted octanol–water partition coefficient (Wildman–Crippen LogP) is 3.91. The molecule has 0 saturated heterocycles. The Bertz CT molecular complexity index is 1270. The highest BCUT2D eigenvalue weighted by Crippen LogP contribution is 2.19. The van der Waals surface area contributed by atoms with Gasteiger partial charge in [-0.05, 0) is 22.4 Å². The maximum atomic E-state index is 12.2. The Balaban J connectivity index is 1.62. The van der Waals surface area contributed by atoms with Crippen LogP contribution >= 0.6 is 0 Å². The van der Waals surface area contributed by atoms with Crippen LogP contribution < -0.4 is 11.0 Å². The van der Waals surface area contributed by atoms with Crippen molar-refractivity contribution in [2.45, 2.75) is 0 Å². The number of anilines is 1. The number of H-pyrrole nitrogens is 1. The third-order valence-corrected chi connectivity index (χ3v) is 4.24. The first-order valence-electron chi connectivity index (χ1n) is 8.62. The predicted molar refractivity (Wildman–Crippen MR) is 110 cm³/mol. The van der Waals surface area contributed by atoms with Crippen molar-refractivity contribution in [1.82, 2.24) is 9.97 Å². The molecule has 0 aliphatic carbocycles. The number of hydrogen-bond acceptors (Lipinski definition) is 5. The molecule has 3 aromatic carbocycles. The largest absolute Gasteiger partial charge is 0.290 e. The van der Waals surface area contributed by atoms with Crippen LogP contribution in [0.5, 0.6) is 0 Å². The molecule has 0 amide bonds. The van der Waals surface area contributed by atoms with Gasteiger partial charge in [0.15, 0.2) is 0 Å². The normalized spacial score (nSPS) is 10.8. The number of aromatic nitrogens is 2. The van der Waals surface area contributed by atoms with Crippen LogP contribution in [-0.4, -0.2) is 16.2 Å². The van der Waals surface area contributed by atoms with Gasteiger partial charge in [-0.1, -0.05) is 66.7 Å². The van der Waals surface area contributed by atoms with Gasteiger partial charge in [0.05, 0.1) is 11.9 Å². The number of aromatic amines is 1. The first-order chi connectivity index (χ1) is 13.7. The summed E-state index contributed by atoms with van der Waals surface area (Å²) in [5, 5.41) is 15.7. The highest BCUT2D eigenvalue weighted by molar-refractivity contribution is 5.90. The number of nitrogens with one attached hydrogen (secondary N) is 2. The SMILES string of the molecule is N#Cc1c(-c2ccccc2)nc(NN=Cc2ccc3ccccc3c2)[nH]c1=O. The van der Waals surface area contributed by atoms with Crippen molar-refractivity contribution in [3.05, 3.63) is 94.3 Å². The summed E-state index contributed by atoms with van der Waals surface area (Å²) < 4.78 is 0. The monoisotopic (exact) mass is 365 g/mol. The van der Waals surface area contributed by atoms with E-state index in [-0.39, 0.29) is 11.5 Å². The van der Waals surface area contributed by atoms with E-state index in [0.29, 0.717) is 11.3 Å². The lowest BCUT2D eigenvalue weighted by molar-refractivity contribution is 1.08. The summed E-state index contributed by atoms with van der Waals surface area (Å²) >= 11 is 0. The van der Waals surface area contributed by atoms with Crippen LogP contribution in [0.2, 0.25) is 0 Å². The summed E-state index contributed by atoms with van der Waals surface area (Å²) in [7, 11) is 0. The summed E-state index contributed by atoms with van der Waals surface area (Å²) in [6.45, 7) is 0. The first kappa shape index (κ1) is 17.2. The number of hydrogen-bond donors (Lipinski definition) is 2. The Kier molecular flexibility index (Phi) is 4.64. The summed E-state index contributed by atoms with van der Waals surface area (Å²) in [4.78, 5) is 19.1. The zero-order valence-corrected chi connectivity index (χ0v) is 14.8. The Labute approximate surface area is 160 Å². The van der Waals surface area contributed by atoms with E-state index in [4.69, 9.17) is 0 Å². The summed E-state index contributed by atoms with van der Waals surface area (Å²) in [6, 6.07) is 25.1. The molecule has 0 aliphatic heterocycles. The zero-order chi connectivity index (χ0) is 19.3. The molecule has 2 N–H and O–H groups in total. The van der Waals surface area contributed by atoms with Crippen molar-refractivity contribution in [1.29, 1.82) is 5.26 Å². The van der Waals surface area contributed by atoms with Gasteiger partial charge in [0.1, 0.15) is 11.6 Å². The molecule has 0 saturated carbocycles. The van der Waals surface area contributed by atoms with E-state index in [1.54, 1.807) is 18.3 Å². The van der Waals surface area contributed by atoms with Gasteiger partial charge in [-0.15, -0.1) is 0 Å². The molecule has 0 fully saturated rings. The molecule has 0 unspecified atom stereocenters. The molecule has 0 bridgehead atoms. The second-order valence-corrected chi connectivity index (χ2v) is 6.09. The minimum atomic E-state index is -0.514. The van der Waals surface area contributed by atoms with Crippen molar-refractivity contribution in [3.63, 3.8) is 0 Å². The molecule has 4 aromatic rings. The summed E-state index contributed by atoms with van der Waals surface area (Å²) in [5.74, 6) is 0.167. The van der Waals surface area contributed by atoms with E-state index in [0.717, 1.165) is 16.3 Å². The first-order valence-corrected chi connectivity index (χ1v) is 8.62. The molecule has 0 radical (unpaired) electrons. The number of nitriles is 1. The van der Waals surface area contributed by atoms with E-state index >= 15 is 0 Å². The van der Waals surface area contributed by atoms with Crippen LogP contribution in [0.4, 0.5) is 5.95 Å². The lowest BCUT2D eigenvalue weighted by Crippen LogP contribution is -2.16. The molecule has 0 aliphatic rings. The van der Waals surface area contributed by atoms with Crippen molar-refractivity contribution in [3.8, 4) is 17.3 Å². The van der Waals surface area contributed by atoms with Crippen molar-refractivity contribution in [2.75, 3.05) is 5.43 Å². The maximum Gasteiger partial charge on any atom is 0.270 e. The highest BCUT2D eigenvalue weighted by atomic mass is 16.1. The summed E-state index contributed by atoms with van der Waals surface area (Å²) in [5.41, 5.74) is 4.10. The molecule has 1 heterocycles. The Morgan fingerprint density at radius 2 is 1.75 bits per heavy atom. The topological polar surface area (TPSA) is 93.9 Å².